The van der Waals surface area contributed by atoms with E-state index in [4.69, 9.17) is 0 Å². The standard InChI is InChI=1S/C12H12N2O2/c1-9(7-12(15)16-2)10-3-4-11-13-5-6-14(11)8-10/h3-8H,1-2H3/b9-7+. The maximum atomic E-state index is 11.1. The van der Waals surface area contributed by atoms with Crippen molar-refractivity contribution in [3.8, 4) is 0 Å². The Morgan fingerprint density at radius 3 is 3.06 bits per heavy atom. The number of methoxy groups -OCH3 is 1. The molecule has 82 valence electrons. The van der Waals surface area contributed by atoms with Crippen LogP contribution in [0.5, 0.6) is 0 Å². The van der Waals surface area contributed by atoms with Gasteiger partial charge in [-0.2, -0.15) is 0 Å². The fraction of sp³-hybridized carbons (Fsp3) is 0.167. The summed E-state index contributed by atoms with van der Waals surface area (Å²) in [7, 11) is 1.37. The van der Waals surface area contributed by atoms with E-state index >= 15 is 0 Å². The number of imidazole rings is 1. The Morgan fingerprint density at radius 2 is 2.31 bits per heavy atom. The molecule has 0 amide bonds. The van der Waals surface area contributed by atoms with Gasteiger partial charge in [-0.15, -0.1) is 0 Å². The molecule has 0 saturated heterocycles. The topological polar surface area (TPSA) is 43.6 Å². The zero-order valence-electron chi connectivity index (χ0n) is 9.18. The smallest absolute Gasteiger partial charge is 0.330 e. The summed E-state index contributed by atoms with van der Waals surface area (Å²) in [5.74, 6) is -0.344. The lowest BCUT2D eigenvalue weighted by Crippen LogP contribution is -1.96. The molecule has 2 rings (SSSR count). The van der Waals surface area contributed by atoms with Crippen molar-refractivity contribution in [1.82, 2.24) is 9.38 Å². The Balaban J connectivity index is 2.39. The number of carbonyl (C=O) groups is 1. The van der Waals surface area contributed by atoms with E-state index in [9.17, 15) is 4.79 Å². The zero-order chi connectivity index (χ0) is 11.5. The van der Waals surface area contributed by atoms with Crippen LogP contribution in [0, 0.1) is 0 Å². The predicted octanol–water partition coefficient (Wildman–Crippen LogP) is 1.91. The Morgan fingerprint density at radius 1 is 1.50 bits per heavy atom. The molecule has 0 saturated carbocycles. The van der Waals surface area contributed by atoms with Gasteiger partial charge in [0.2, 0.25) is 0 Å². The van der Waals surface area contributed by atoms with Gasteiger partial charge in [0, 0.05) is 24.7 Å². The molecule has 2 aromatic heterocycles. The summed E-state index contributed by atoms with van der Waals surface area (Å²) in [4.78, 5) is 15.2. The predicted molar refractivity (Wildman–Crippen MR) is 60.9 cm³/mol. The van der Waals surface area contributed by atoms with E-state index in [2.05, 4.69) is 9.72 Å². The summed E-state index contributed by atoms with van der Waals surface area (Å²) in [6.45, 7) is 1.87. The van der Waals surface area contributed by atoms with Crippen molar-refractivity contribution < 1.29 is 9.53 Å². The van der Waals surface area contributed by atoms with Gasteiger partial charge in [0.05, 0.1) is 7.11 Å². The summed E-state index contributed by atoms with van der Waals surface area (Å²) in [5.41, 5.74) is 2.72. The molecule has 2 aromatic rings. The van der Waals surface area contributed by atoms with Gasteiger partial charge in [-0.05, 0) is 30.2 Å². The Bertz CT molecular complexity index is 555. The van der Waals surface area contributed by atoms with Crippen LogP contribution in [-0.2, 0) is 9.53 Å². The number of ether oxygens (including phenoxy) is 1. The van der Waals surface area contributed by atoms with Gasteiger partial charge < -0.3 is 9.14 Å². The van der Waals surface area contributed by atoms with Crippen LogP contribution in [0.2, 0.25) is 0 Å². The van der Waals surface area contributed by atoms with Crippen molar-refractivity contribution in [2.45, 2.75) is 6.92 Å². The Labute approximate surface area is 93.2 Å². The van der Waals surface area contributed by atoms with Gasteiger partial charge in [0.1, 0.15) is 5.65 Å². The normalized spacial score (nSPS) is 11.8. The number of fused-ring (bicyclic) bond motifs is 1. The lowest BCUT2D eigenvalue weighted by molar-refractivity contribution is -0.134. The summed E-state index contributed by atoms with van der Waals surface area (Å²) in [6, 6.07) is 3.83. The first-order valence-corrected chi connectivity index (χ1v) is 4.90. The van der Waals surface area contributed by atoms with E-state index in [0.717, 1.165) is 16.8 Å². The number of hydrogen-bond acceptors (Lipinski definition) is 3. The number of rotatable bonds is 2. The van der Waals surface area contributed by atoms with E-state index in [0.29, 0.717) is 0 Å². The second-order valence-corrected chi connectivity index (χ2v) is 3.46. The molecule has 0 aromatic carbocycles. The van der Waals surface area contributed by atoms with Crippen LogP contribution in [0.25, 0.3) is 11.2 Å². The fourth-order valence-corrected chi connectivity index (χ4v) is 1.47. The number of pyridine rings is 1. The number of aromatic nitrogens is 2. The molecular formula is C12H12N2O2. The molecule has 0 spiro atoms. The van der Waals surface area contributed by atoms with Crippen LogP contribution in [0.1, 0.15) is 12.5 Å². The maximum Gasteiger partial charge on any atom is 0.330 e. The molecule has 0 aliphatic heterocycles. The largest absolute Gasteiger partial charge is 0.466 e. The average molecular weight is 216 g/mol. The monoisotopic (exact) mass is 216 g/mol. The maximum absolute atomic E-state index is 11.1. The van der Waals surface area contributed by atoms with Crippen molar-refractivity contribution in [2.75, 3.05) is 7.11 Å². The van der Waals surface area contributed by atoms with Gasteiger partial charge in [-0.25, -0.2) is 9.78 Å². The van der Waals surface area contributed by atoms with Crippen LogP contribution in [0.3, 0.4) is 0 Å². The van der Waals surface area contributed by atoms with E-state index < -0.39 is 0 Å². The van der Waals surface area contributed by atoms with E-state index in [1.807, 2.05) is 35.9 Å². The Hall–Kier alpha value is -2.10. The minimum atomic E-state index is -0.344. The van der Waals surface area contributed by atoms with Gasteiger partial charge in [0.15, 0.2) is 0 Å². The van der Waals surface area contributed by atoms with Crippen molar-refractivity contribution >= 4 is 17.2 Å². The summed E-state index contributed by atoms with van der Waals surface area (Å²) >= 11 is 0. The van der Waals surface area contributed by atoms with Gasteiger partial charge in [-0.1, -0.05) is 0 Å². The number of esters is 1. The number of allylic oxidation sites excluding steroid dienone is 1. The first kappa shape index (κ1) is 10.4. The second kappa shape index (κ2) is 4.18. The molecule has 0 atom stereocenters. The first-order valence-electron chi connectivity index (χ1n) is 4.90. The highest BCUT2D eigenvalue weighted by Crippen LogP contribution is 2.14. The molecule has 4 heteroatoms. The van der Waals surface area contributed by atoms with Gasteiger partial charge in [-0.3, -0.25) is 0 Å². The third kappa shape index (κ3) is 1.95. The minimum Gasteiger partial charge on any atom is -0.466 e. The van der Waals surface area contributed by atoms with Crippen molar-refractivity contribution in [3.63, 3.8) is 0 Å². The molecule has 0 N–H and O–H groups in total. The SMILES string of the molecule is COC(=O)/C=C(\C)c1ccc2nccn2c1. The summed E-state index contributed by atoms with van der Waals surface area (Å²) in [6.07, 6.45) is 7.00. The van der Waals surface area contributed by atoms with Crippen LogP contribution < -0.4 is 0 Å². The number of carbonyl (C=O) groups excluding carboxylic acids is 1. The molecule has 0 fully saturated rings. The van der Waals surface area contributed by atoms with Crippen LogP contribution >= 0.6 is 0 Å². The van der Waals surface area contributed by atoms with E-state index in [-0.39, 0.29) is 5.97 Å². The number of nitrogens with zero attached hydrogens (tertiary/aromatic N) is 2. The average Bonchev–Trinajstić information content (AvgIpc) is 2.75. The van der Waals surface area contributed by atoms with Gasteiger partial charge in [0.25, 0.3) is 0 Å². The first-order chi connectivity index (χ1) is 7.70. The number of hydrogen-bond donors (Lipinski definition) is 0. The van der Waals surface area contributed by atoms with E-state index in [1.165, 1.54) is 13.2 Å². The van der Waals surface area contributed by atoms with Crippen molar-refractivity contribution in [1.29, 1.82) is 0 Å². The second-order valence-electron chi connectivity index (χ2n) is 3.46. The summed E-state index contributed by atoms with van der Waals surface area (Å²) < 4.78 is 6.49. The lowest BCUT2D eigenvalue weighted by atomic mass is 10.1. The molecule has 16 heavy (non-hydrogen) atoms. The molecule has 0 aliphatic rings. The molecular weight excluding hydrogens is 204 g/mol. The van der Waals surface area contributed by atoms with Crippen LogP contribution in [0.15, 0.2) is 36.8 Å². The quantitative estimate of drug-likeness (QED) is 0.569. The molecule has 2 heterocycles. The highest BCUT2D eigenvalue weighted by Gasteiger charge is 2.01. The fourth-order valence-electron chi connectivity index (χ4n) is 1.47. The Kier molecular flexibility index (Phi) is 2.72. The molecule has 0 bridgehead atoms. The zero-order valence-corrected chi connectivity index (χ0v) is 9.18. The van der Waals surface area contributed by atoms with Crippen LogP contribution in [0.4, 0.5) is 0 Å². The van der Waals surface area contributed by atoms with Crippen molar-refractivity contribution in [3.05, 3.63) is 42.4 Å². The van der Waals surface area contributed by atoms with Crippen LogP contribution in [-0.4, -0.2) is 22.5 Å². The highest BCUT2D eigenvalue weighted by atomic mass is 16.5. The molecule has 4 nitrogen and oxygen atoms in total. The molecule has 0 aliphatic carbocycles. The summed E-state index contributed by atoms with van der Waals surface area (Å²) in [5, 5.41) is 0. The molecule has 0 radical (unpaired) electrons. The third-order valence-electron chi connectivity index (χ3n) is 2.38. The minimum absolute atomic E-state index is 0.344. The highest BCUT2D eigenvalue weighted by molar-refractivity contribution is 5.90. The third-order valence-corrected chi connectivity index (χ3v) is 2.38. The van der Waals surface area contributed by atoms with Crippen molar-refractivity contribution in [2.24, 2.45) is 0 Å². The van der Waals surface area contributed by atoms with E-state index in [1.54, 1.807) is 6.20 Å². The van der Waals surface area contributed by atoms with Gasteiger partial charge >= 0.3 is 5.97 Å². The lowest BCUT2D eigenvalue weighted by Gasteiger charge is -2.02. The molecule has 0 unspecified atom stereocenters.